The van der Waals surface area contributed by atoms with Gasteiger partial charge in [0.05, 0.1) is 22.9 Å². The fourth-order valence-corrected chi connectivity index (χ4v) is 4.85. The third-order valence-electron chi connectivity index (χ3n) is 6.98. The Hall–Kier alpha value is -3.57. The van der Waals surface area contributed by atoms with E-state index in [-0.39, 0.29) is 17.1 Å². The summed E-state index contributed by atoms with van der Waals surface area (Å²) in [6.45, 7) is 3.47. The Morgan fingerprint density at radius 2 is 2.03 bits per heavy atom. The van der Waals surface area contributed by atoms with E-state index in [0.717, 1.165) is 49.8 Å². The molecule has 0 radical (unpaired) electrons. The minimum atomic E-state index is -0.523. The fraction of sp³-hybridized carbons (Fsp3) is 0.360. The third kappa shape index (κ3) is 3.79. The van der Waals surface area contributed by atoms with Crippen molar-refractivity contribution in [3.8, 4) is 22.9 Å². The quantitative estimate of drug-likeness (QED) is 0.588. The van der Waals surface area contributed by atoms with Crippen molar-refractivity contribution in [2.45, 2.75) is 38.1 Å². The van der Waals surface area contributed by atoms with E-state index in [1.807, 2.05) is 13.0 Å². The van der Waals surface area contributed by atoms with Crippen molar-refractivity contribution in [1.82, 2.24) is 19.7 Å². The van der Waals surface area contributed by atoms with Crippen LogP contribution in [0.25, 0.3) is 16.8 Å². The van der Waals surface area contributed by atoms with Gasteiger partial charge in [0.2, 0.25) is 0 Å². The van der Waals surface area contributed by atoms with Crippen molar-refractivity contribution in [2.24, 2.45) is 5.92 Å². The summed E-state index contributed by atoms with van der Waals surface area (Å²) in [6, 6.07) is 12.2. The lowest BCUT2D eigenvalue weighted by Gasteiger charge is -2.22. The normalized spacial score (nSPS) is 19.4. The minimum absolute atomic E-state index is 0.152. The smallest absolute Gasteiger partial charge is 0.301 e. The monoisotopic (exact) mass is 445 g/mol. The SMILES string of the molecule is Cc1cc(-c2ccc(-n3c(C[C@@H]4CCN(C5(C=O)CC5)C4)n[nH]c3=O)c(F)c2)ccc1C#N. The van der Waals surface area contributed by atoms with Gasteiger partial charge in [0.25, 0.3) is 0 Å². The molecule has 2 heterocycles. The maximum Gasteiger partial charge on any atom is 0.348 e. The highest BCUT2D eigenvalue weighted by Crippen LogP contribution is 2.42. The van der Waals surface area contributed by atoms with Gasteiger partial charge in [-0.2, -0.15) is 10.4 Å². The van der Waals surface area contributed by atoms with Crippen LogP contribution in [-0.2, 0) is 11.2 Å². The van der Waals surface area contributed by atoms with Crippen LogP contribution in [0.4, 0.5) is 4.39 Å². The topological polar surface area (TPSA) is 94.8 Å². The lowest BCUT2D eigenvalue weighted by atomic mass is 10.00. The minimum Gasteiger partial charge on any atom is -0.301 e. The molecule has 2 aromatic carbocycles. The van der Waals surface area contributed by atoms with Crippen LogP contribution < -0.4 is 5.69 Å². The Balaban J connectivity index is 1.40. The lowest BCUT2D eigenvalue weighted by Crippen LogP contribution is -2.36. The summed E-state index contributed by atoms with van der Waals surface area (Å²) < 4.78 is 16.5. The van der Waals surface area contributed by atoms with Gasteiger partial charge >= 0.3 is 5.69 Å². The molecule has 8 heteroatoms. The second kappa shape index (κ2) is 8.09. The first-order valence-electron chi connectivity index (χ1n) is 11.1. The maximum atomic E-state index is 15.2. The molecule has 1 saturated heterocycles. The number of carbonyl (C=O) groups excluding carboxylic acids is 1. The molecule has 0 bridgehead atoms. The van der Waals surface area contributed by atoms with Crippen molar-refractivity contribution in [3.63, 3.8) is 0 Å². The number of nitrogens with zero attached hydrogens (tertiary/aromatic N) is 4. The van der Waals surface area contributed by atoms with Gasteiger partial charge in [-0.25, -0.2) is 18.9 Å². The molecule has 0 unspecified atom stereocenters. The van der Waals surface area contributed by atoms with Crippen LogP contribution in [-0.4, -0.2) is 44.6 Å². The molecule has 0 spiro atoms. The predicted molar refractivity (Wildman–Crippen MR) is 120 cm³/mol. The second-order valence-electron chi connectivity index (χ2n) is 9.11. The average molecular weight is 445 g/mol. The van der Waals surface area contributed by atoms with Gasteiger partial charge < -0.3 is 4.79 Å². The van der Waals surface area contributed by atoms with Crippen LogP contribution in [0.5, 0.6) is 0 Å². The summed E-state index contributed by atoms with van der Waals surface area (Å²) in [5.74, 6) is 0.217. The zero-order valence-electron chi connectivity index (χ0n) is 18.3. The summed E-state index contributed by atoms with van der Waals surface area (Å²) >= 11 is 0. The first kappa shape index (κ1) is 21.3. The number of likely N-dealkylation sites (tertiary alicyclic amines) is 1. The maximum absolute atomic E-state index is 15.2. The van der Waals surface area contributed by atoms with Crippen LogP contribution in [0.15, 0.2) is 41.2 Å². The number of nitriles is 1. The van der Waals surface area contributed by atoms with Crippen molar-refractivity contribution >= 4 is 6.29 Å². The van der Waals surface area contributed by atoms with E-state index in [4.69, 9.17) is 5.26 Å². The molecular formula is C25H24FN5O2. The lowest BCUT2D eigenvalue weighted by molar-refractivity contribution is -0.113. The summed E-state index contributed by atoms with van der Waals surface area (Å²) in [5, 5.41) is 15.8. The van der Waals surface area contributed by atoms with E-state index in [2.05, 4.69) is 21.2 Å². The molecule has 1 saturated carbocycles. The zero-order valence-corrected chi connectivity index (χ0v) is 18.3. The molecule has 3 aromatic rings. The predicted octanol–water partition coefficient (Wildman–Crippen LogP) is 3.14. The number of halogens is 1. The van der Waals surface area contributed by atoms with Crippen molar-refractivity contribution in [3.05, 3.63) is 69.7 Å². The molecule has 2 aliphatic rings. The van der Waals surface area contributed by atoms with Gasteiger partial charge in [-0.15, -0.1) is 0 Å². The van der Waals surface area contributed by atoms with Crippen LogP contribution in [0.2, 0.25) is 0 Å². The highest BCUT2D eigenvalue weighted by Gasteiger charge is 2.50. The van der Waals surface area contributed by atoms with E-state index in [1.165, 1.54) is 10.6 Å². The summed E-state index contributed by atoms with van der Waals surface area (Å²) in [6.07, 6.45) is 4.32. The first-order chi connectivity index (χ1) is 15.9. The molecule has 1 atom stereocenters. The van der Waals surface area contributed by atoms with E-state index >= 15 is 4.39 Å². The molecule has 1 aliphatic carbocycles. The average Bonchev–Trinajstić information content (AvgIpc) is 3.34. The molecule has 1 N–H and O–H groups in total. The molecule has 5 rings (SSSR count). The number of hydrogen-bond donors (Lipinski definition) is 1. The molecule has 7 nitrogen and oxygen atoms in total. The molecule has 2 fully saturated rings. The molecule has 168 valence electrons. The molecule has 1 aliphatic heterocycles. The Morgan fingerprint density at radius 3 is 2.70 bits per heavy atom. The number of rotatable bonds is 6. The number of hydrogen-bond acceptors (Lipinski definition) is 5. The van der Waals surface area contributed by atoms with Crippen LogP contribution in [0.1, 0.15) is 36.2 Å². The van der Waals surface area contributed by atoms with Crippen LogP contribution >= 0.6 is 0 Å². The Morgan fingerprint density at radius 1 is 1.27 bits per heavy atom. The van der Waals surface area contributed by atoms with Gasteiger partial charge in [0, 0.05) is 13.0 Å². The van der Waals surface area contributed by atoms with Crippen molar-refractivity contribution < 1.29 is 9.18 Å². The van der Waals surface area contributed by atoms with Crippen molar-refractivity contribution in [2.75, 3.05) is 13.1 Å². The Labute approximate surface area is 190 Å². The standard InChI is InChI=1S/C25H24FN5O2/c1-16-10-18(2-3-20(16)13-27)19-4-5-22(21(26)12-19)31-23(28-29-24(31)33)11-17-6-9-30(14-17)25(15-32)7-8-25/h2-5,10,12,15,17H,6-9,11,14H2,1H3,(H,29,33)/t17-/m0/s1. The molecule has 1 aromatic heterocycles. The third-order valence-corrected chi connectivity index (χ3v) is 6.98. The van der Waals surface area contributed by atoms with Crippen LogP contribution in [0, 0.1) is 30.0 Å². The Bertz CT molecular complexity index is 1330. The molecule has 0 amide bonds. The molecule has 33 heavy (non-hydrogen) atoms. The summed E-state index contributed by atoms with van der Waals surface area (Å²) in [5.41, 5.74) is 2.25. The highest BCUT2D eigenvalue weighted by atomic mass is 19.1. The van der Waals surface area contributed by atoms with Gasteiger partial charge in [0.1, 0.15) is 17.9 Å². The molecular weight excluding hydrogens is 421 g/mol. The highest BCUT2D eigenvalue weighted by molar-refractivity contribution is 5.69. The number of aromatic amines is 1. The number of benzene rings is 2. The summed E-state index contributed by atoms with van der Waals surface area (Å²) in [7, 11) is 0. The first-order valence-corrected chi connectivity index (χ1v) is 11.1. The van der Waals surface area contributed by atoms with Gasteiger partial charge in [0.15, 0.2) is 0 Å². The number of aromatic nitrogens is 3. The largest absolute Gasteiger partial charge is 0.348 e. The summed E-state index contributed by atoms with van der Waals surface area (Å²) in [4.78, 5) is 26.2. The number of aryl methyl sites for hydroxylation is 1. The number of carbonyl (C=O) groups is 1. The second-order valence-corrected chi connectivity index (χ2v) is 9.11. The fourth-order valence-electron chi connectivity index (χ4n) is 4.85. The Kier molecular flexibility index (Phi) is 5.22. The number of H-pyrrole nitrogens is 1. The van der Waals surface area contributed by atoms with Crippen LogP contribution in [0.3, 0.4) is 0 Å². The van der Waals surface area contributed by atoms with Gasteiger partial charge in [-0.05, 0) is 73.5 Å². The van der Waals surface area contributed by atoms with E-state index in [1.54, 1.807) is 24.3 Å². The van der Waals surface area contributed by atoms with E-state index in [0.29, 0.717) is 23.4 Å². The van der Waals surface area contributed by atoms with Crippen molar-refractivity contribution in [1.29, 1.82) is 5.26 Å². The number of nitrogens with one attached hydrogen (secondary N) is 1. The van der Waals surface area contributed by atoms with Gasteiger partial charge in [-0.1, -0.05) is 18.2 Å². The van der Waals surface area contributed by atoms with E-state index < -0.39 is 11.5 Å². The van der Waals surface area contributed by atoms with E-state index in [9.17, 15) is 9.59 Å². The van der Waals surface area contributed by atoms with Gasteiger partial charge in [-0.3, -0.25) is 4.90 Å². The number of aldehydes is 1. The zero-order chi connectivity index (χ0) is 23.2.